The first kappa shape index (κ1) is 16.1. The molecule has 3 rings (SSSR count). The first-order valence-corrected chi connectivity index (χ1v) is 8.26. The Morgan fingerprint density at radius 1 is 1.04 bits per heavy atom. The summed E-state index contributed by atoms with van der Waals surface area (Å²) in [6, 6.07) is 14.1. The lowest BCUT2D eigenvalue weighted by Crippen LogP contribution is -2.27. The van der Waals surface area contributed by atoms with Crippen molar-refractivity contribution in [3.05, 3.63) is 78.6 Å². The maximum Gasteiger partial charge on any atom is 0.267 e. The van der Waals surface area contributed by atoms with Gasteiger partial charge in [0.15, 0.2) is 0 Å². The van der Waals surface area contributed by atoms with Crippen LogP contribution in [0.2, 0.25) is 0 Å². The first-order chi connectivity index (χ1) is 11.8. The number of carbonyl (C=O) groups is 1. The minimum absolute atomic E-state index is 0.0151. The molecule has 0 aliphatic heterocycles. The predicted molar refractivity (Wildman–Crippen MR) is 93.8 cm³/mol. The Hall–Kier alpha value is -2.82. The van der Waals surface area contributed by atoms with Gasteiger partial charge in [0, 0.05) is 38.2 Å². The van der Waals surface area contributed by atoms with E-state index in [1.165, 1.54) is 5.56 Å². The molecule has 124 valence electrons. The second-order valence-electron chi connectivity index (χ2n) is 5.73. The predicted octanol–water partition coefficient (Wildman–Crippen LogP) is 2.75. The molecular weight excluding hydrogens is 300 g/mol. The van der Waals surface area contributed by atoms with E-state index in [1.807, 2.05) is 51.9 Å². The molecule has 3 aromatic rings. The van der Waals surface area contributed by atoms with Gasteiger partial charge < -0.3 is 14.5 Å². The van der Waals surface area contributed by atoms with Gasteiger partial charge in [0.25, 0.3) is 5.91 Å². The Labute approximate surface area is 142 Å². The van der Waals surface area contributed by atoms with Crippen LogP contribution >= 0.6 is 0 Å². The van der Waals surface area contributed by atoms with Gasteiger partial charge in [-0.05, 0) is 30.5 Å². The highest BCUT2D eigenvalue weighted by atomic mass is 16.1. The number of amides is 1. The van der Waals surface area contributed by atoms with Gasteiger partial charge in [-0.25, -0.2) is 4.98 Å². The highest BCUT2D eigenvalue weighted by Gasteiger charge is 2.10. The van der Waals surface area contributed by atoms with Gasteiger partial charge in [-0.15, -0.1) is 0 Å². The van der Waals surface area contributed by atoms with Gasteiger partial charge in [0.1, 0.15) is 5.69 Å². The number of imidazole rings is 1. The van der Waals surface area contributed by atoms with E-state index in [2.05, 4.69) is 22.4 Å². The lowest BCUT2D eigenvalue weighted by molar-refractivity contribution is 0.0943. The Kier molecular flexibility index (Phi) is 5.45. The molecule has 0 bridgehead atoms. The second-order valence-corrected chi connectivity index (χ2v) is 5.73. The SMILES string of the molecule is O=C(NCCCn1ccnc1)c1cccn1CCc1ccccc1. The van der Waals surface area contributed by atoms with E-state index in [4.69, 9.17) is 0 Å². The minimum Gasteiger partial charge on any atom is -0.351 e. The molecule has 0 spiro atoms. The van der Waals surface area contributed by atoms with E-state index in [9.17, 15) is 4.79 Å². The van der Waals surface area contributed by atoms with Crippen LogP contribution in [0.5, 0.6) is 0 Å². The Morgan fingerprint density at radius 3 is 2.71 bits per heavy atom. The number of aryl methyl sites for hydroxylation is 3. The fraction of sp³-hybridized carbons (Fsp3) is 0.263. The topological polar surface area (TPSA) is 51.9 Å². The quantitative estimate of drug-likeness (QED) is 0.648. The second kappa shape index (κ2) is 8.15. The zero-order valence-electron chi connectivity index (χ0n) is 13.6. The maximum atomic E-state index is 12.3. The lowest BCUT2D eigenvalue weighted by atomic mass is 10.1. The number of aromatic nitrogens is 3. The number of rotatable bonds is 8. The molecule has 0 saturated carbocycles. The van der Waals surface area contributed by atoms with Crippen LogP contribution in [0, 0.1) is 0 Å². The van der Waals surface area contributed by atoms with Crippen molar-refractivity contribution in [2.24, 2.45) is 0 Å². The zero-order valence-corrected chi connectivity index (χ0v) is 13.6. The molecule has 0 saturated heterocycles. The van der Waals surface area contributed by atoms with Crippen LogP contribution in [0.15, 0.2) is 67.4 Å². The molecule has 0 fully saturated rings. The highest BCUT2D eigenvalue weighted by Crippen LogP contribution is 2.07. The summed E-state index contributed by atoms with van der Waals surface area (Å²) in [6.45, 7) is 2.31. The van der Waals surface area contributed by atoms with Gasteiger partial charge in [0.05, 0.1) is 6.33 Å². The molecule has 0 radical (unpaired) electrons. The Balaban J connectivity index is 1.47. The Morgan fingerprint density at radius 2 is 1.92 bits per heavy atom. The summed E-state index contributed by atoms with van der Waals surface area (Å²) in [7, 11) is 0. The van der Waals surface area contributed by atoms with E-state index in [-0.39, 0.29) is 5.91 Å². The molecule has 1 aromatic carbocycles. The zero-order chi connectivity index (χ0) is 16.6. The summed E-state index contributed by atoms with van der Waals surface area (Å²) < 4.78 is 4.02. The molecule has 0 unspecified atom stereocenters. The molecule has 2 aromatic heterocycles. The van der Waals surface area contributed by atoms with E-state index in [0.717, 1.165) is 25.9 Å². The van der Waals surface area contributed by atoms with Crippen molar-refractivity contribution in [1.82, 2.24) is 19.4 Å². The highest BCUT2D eigenvalue weighted by molar-refractivity contribution is 5.92. The van der Waals surface area contributed by atoms with Crippen LogP contribution in [0.1, 0.15) is 22.5 Å². The fourth-order valence-electron chi connectivity index (χ4n) is 2.68. The third-order valence-corrected chi connectivity index (χ3v) is 3.98. The molecule has 1 N–H and O–H groups in total. The van der Waals surface area contributed by atoms with Gasteiger partial charge in [0.2, 0.25) is 0 Å². The standard InChI is InChI=1S/C19H22N4O/c24-19(21-10-5-12-22-15-11-20-16-22)18-8-4-13-23(18)14-9-17-6-2-1-3-7-17/h1-4,6-8,11,13,15-16H,5,9-10,12,14H2,(H,21,24). The molecule has 5 heteroatoms. The Bertz CT molecular complexity index is 747. The smallest absolute Gasteiger partial charge is 0.267 e. The summed E-state index contributed by atoms with van der Waals surface area (Å²) in [5, 5.41) is 2.99. The average molecular weight is 322 g/mol. The number of benzene rings is 1. The van der Waals surface area contributed by atoms with Gasteiger partial charge in [-0.2, -0.15) is 0 Å². The lowest BCUT2D eigenvalue weighted by Gasteiger charge is -2.10. The monoisotopic (exact) mass is 322 g/mol. The number of nitrogens with zero attached hydrogens (tertiary/aromatic N) is 3. The van der Waals surface area contributed by atoms with E-state index in [1.54, 1.807) is 12.5 Å². The number of hydrogen-bond donors (Lipinski definition) is 1. The molecule has 0 aliphatic rings. The average Bonchev–Trinajstić information content (AvgIpc) is 3.29. The summed E-state index contributed by atoms with van der Waals surface area (Å²) in [5.74, 6) is -0.0151. The maximum absolute atomic E-state index is 12.3. The molecule has 1 amide bonds. The minimum atomic E-state index is -0.0151. The van der Waals surface area contributed by atoms with Crippen LogP contribution in [0.4, 0.5) is 0 Å². The van der Waals surface area contributed by atoms with E-state index < -0.39 is 0 Å². The van der Waals surface area contributed by atoms with Crippen LogP contribution in [0.25, 0.3) is 0 Å². The van der Waals surface area contributed by atoms with Crippen molar-refractivity contribution >= 4 is 5.91 Å². The normalized spacial score (nSPS) is 10.7. The van der Waals surface area contributed by atoms with Crippen molar-refractivity contribution in [2.45, 2.75) is 25.9 Å². The number of nitrogens with one attached hydrogen (secondary N) is 1. The van der Waals surface area contributed by atoms with Crippen LogP contribution in [-0.2, 0) is 19.5 Å². The van der Waals surface area contributed by atoms with Gasteiger partial charge in [-0.3, -0.25) is 4.79 Å². The van der Waals surface area contributed by atoms with E-state index >= 15 is 0 Å². The molecule has 24 heavy (non-hydrogen) atoms. The van der Waals surface area contributed by atoms with Crippen molar-refractivity contribution in [2.75, 3.05) is 6.54 Å². The van der Waals surface area contributed by atoms with Crippen molar-refractivity contribution in [1.29, 1.82) is 0 Å². The largest absolute Gasteiger partial charge is 0.351 e. The van der Waals surface area contributed by atoms with E-state index in [0.29, 0.717) is 12.2 Å². The van der Waals surface area contributed by atoms with Gasteiger partial charge >= 0.3 is 0 Å². The van der Waals surface area contributed by atoms with Crippen molar-refractivity contribution < 1.29 is 4.79 Å². The van der Waals surface area contributed by atoms with Crippen LogP contribution in [0.3, 0.4) is 0 Å². The number of hydrogen-bond acceptors (Lipinski definition) is 2. The summed E-state index contributed by atoms with van der Waals surface area (Å²) in [5.41, 5.74) is 1.99. The third-order valence-electron chi connectivity index (χ3n) is 3.98. The molecule has 0 aliphatic carbocycles. The van der Waals surface area contributed by atoms with Crippen molar-refractivity contribution in [3.8, 4) is 0 Å². The summed E-state index contributed by atoms with van der Waals surface area (Å²) in [4.78, 5) is 16.4. The summed E-state index contributed by atoms with van der Waals surface area (Å²) in [6.07, 6.45) is 9.23. The van der Waals surface area contributed by atoms with Crippen LogP contribution in [-0.4, -0.2) is 26.6 Å². The van der Waals surface area contributed by atoms with Crippen molar-refractivity contribution in [3.63, 3.8) is 0 Å². The fourth-order valence-corrected chi connectivity index (χ4v) is 2.68. The third kappa shape index (κ3) is 4.35. The number of carbonyl (C=O) groups excluding carboxylic acids is 1. The molecule has 2 heterocycles. The molecule has 0 atom stereocenters. The molecular formula is C19H22N4O. The summed E-state index contributed by atoms with van der Waals surface area (Å²) >= 11 is 0. The van der Waals surface area contributed by atoms with Gasteiger partial charge in [-0.1, -0.05) is 30.3 Å². The van der Waals surface area contributed by atoms with Crippen LogP contribution < -0.4 is 5.32 Å². The molecule has 5 nitrogen and oxygen atoms in total. The first-order valence-electron chi connectivity index (χ1n) is 8.26.